The fourth-order valence-electron chi connectivity index (χ4n) is 2.64. The molecule has 0 aliphatic carbocycles. The Balaban J connectivity index is 2.04. The van der Waals surface area contributed by atoms with Gasteiger partial charge in [-0.25, -0.2) is 0 Å². The molecule has 1 aliphatic heterocycles. The van der Waals surface area contributed by atoms with Gasteiger partial charge in [-0.15, -0.1) is 0 Å². The molecule has 23 heavy (non-hydrogen) atoms. The van der Waals surface area contributed by atoms with Crippen LogP contribution in [-0.2, 0) is 9.53 Å². The third-order valence-electron chi connectivity index (χ3n) is 3.80. The van der Waals surface area contributed by atoms with E-state index in [1.54, 1.807) is 24.1 Å². The van der Waals surface area contributed by atoms with Gasteiger partial charge in [-0.1, -0.05) is 23.2 Å². The maximum Gasteiger partial charge on any atom is 0.256 e. The van der Waals surface area contributed by atoms with E-state index in [1.807, 2.05) is 0 Å². The van der Waals surface area contributed by atoms with E-state index in [4.69, 9.17) is 27.9 Å². The molecule has 2 amide bonds. The SMILES string of the molecule is COCCCNC(=O)C1CCCN1C(=O)c1cc(Cl)ccc1Cl. The third-order valence-corrected chi connectivity index (χ3v) is 4.36. The number of carbonyl (C=O) groups is 2. The van der Waals surface area contributed by atoms with Gasteiger partial charge in [0.2, 0.25) is 5.91 Å². The Kier molecular flexibility index (Phi) is 6.69. The minimum Gasteiger partial charge on any atom is -0.385 e. The Morgan fingerprint density at radius 2 is 2.17 bits per heavy atom. The highest BCUT2D eigenvalue weighted by Gasteiger charge is 2.35. The summed E-state index contributed by atoms with van der Waals surface area (Å²) in [4.78, 5) is 26.6. The van der Waals surface area contributed by atoms with Gasteiger partial charge in [-0.3, -0.25) is 9.59 Å². The van der Waals surface area contributed by atoms with Gasteiger partial charge in [0.15, 0.2) is 0 Å². The van der Waals surface area contributed by atoms with E-state index in [0.717, 1.165) is 12.8 Å². The van der Waals surface area contributed by atoms with Gasteiger partial charge in [0.25, 0.3) is 5.91 Å². The molecule has 7 heteroatoms. The molecule has 1 unspecified atom stereocenters. The lowest BCUT2D eigenvalue weighted by molar-refractivity contribution is -0.124. The monoisotopic (exact) mass is 358 g/mol. The Hall–Kier alpha value is -1.30. The van der Waals surface area contributed by atoms with Crippen molar-refractivity contribution in [2.45, 2.75) is 25.3 Å². The number of rotatable bonds is 6. The summed E-state index contributed by atoms with van der Waals surface area (Å²) < 4.78 is 4.95. The minimum atomic E-state index is -0.458. The van der Waals surface area contributed by atoms with E-state index in [0.29, 0.717) is 41.7 Å². The first kappa shape index (κ1) is 18.0. The molecule has 1 aliphatic rings. The van der Waals surface area contributed by atoms with Crippen LogP contribution in [0, 0.1) is 0 Å². The molecule has 1 heterocycles. The summed E-state index contributed by atoms with van der Waals surface area (Å²) in [5.41, 5.74) is 0.332. The standard InChI is InChI=1S/C16H20Cl2N2O3/c1-23-9-3-7-19-15(21)14-4-2-8-20(14)16(22)12-10-11(17)5-6-13(12)18/h5-6,10,14H,2-4,7-9H2,1H3,(H,19,21). The van der Waals surface area contributed by atoms with Crippen LogP contribution in [-0.4, -0.2) is 49.6 Å². The summed E-state index contributed by atoms with van der Waals surface area (Å²) in [6.45, 7) is 1.66. The molecule has 0 saturated carbocycles. The van der Waals surface area contributed by atoms with Crippen LogP contribution in [0.1, 0.15) is 29.6 Å². The van der Waals surface area contributed by atoms with Gasteiger partial charge in [0, 0.05) is 31.8 Å². The first-order valence-corrected chi connectivity index (χ1v) is 8.33. The van der Waals surface area contributed by atoms with Gasteiger partial charge >= 0.3 is 0 Å². The Labute approximate surface area is 145 Å². The normalized spacial score (nSPS) is 17.3. The van der Waals surface area contributed by atoms with Gasteiger partial charge < -0.3 is 15.0 Å². The fourth-order valence-corrected chi connectivity index (χ4v) is 3.01. The first-order chi connectivity index (χ1) is 11.0. The van der Waals surface area contributed by atoms with Crippen molar-refractivity contribution in [3.63, 3.8) is 0 Å². The van der Waals surface area contributed by atoms with Gasteiger partial charge in [0.1, 0.15) is 6.04 Å². The fraction of sp³-hybridized carbons (Fsp3) is 0.500. The predicted molar refractivity (Wildman–Crippen MR) is 90.0 cm³/mol. The molecule has 1 atom stereocenters. The maximum absolute atomic E-state index is 12.7. The lowest BCUT2D eigenvalue weighted by Gasteiger charge is -2.24. The second-order valence-corrected chi connectivity index (χ2v) is 6.26. The van der Waals surface area contributed by atoms with Crippen molar-refractivity contribution < 1.29 is 14.3 Å². The number of ether oxygens (including phenoxy) is 1. The molecular weight excluding hydrogens is 339 g/mol. The van der Waals surface area contributed by atoms with E-state index >= 15 is 0 Å². The van der Waals surface area contributed by atoms with Crippen molar-refractivity contribution in [3.05, 3.63) is 33.8 Å². The summed E-state index contributed by atoms with van der Waals surface area (Å²) >= 11 is 12.0. The highest BCUT2D eigenvalue weighted by molar-refractivity contribution is 6.35. The van der Waals surface area contributed by atoms with Gasteiger partial charge in [-0.05, 0) is 37.5 Å². The lowest BCUT2D eigenvalue weighted by Crippen LogP contribution is -2.46. The van der Waals surface area contributed by atoms with Crippen LogP contribution < -0.4 is 5.32 Å². The van der Waals surface area contributed by atoms with Crippen LogP contribution in [0.3, 0.4) is 0 Å². The van der Waals surface area contributed by atoms with Crippen LogP contribution in [0.25, 0.3) is 0 Å². The first-order valence-electron chi connectivity index (χ1n) is 7.57. The number of carbonyl (C=O) groups excluding carboxylic acids is 2. The quantitative estimate of drug-likeness (QED) is 0.795. The molecule has 1 saturated heterocycles. The van der Waals surface area contributed by atoms with Gasteiger partial charge in [0.05, 0.1) is 10.6 Å². The highest BCUT2D eigenvalue weighted by Crippen LogP contribution is 2.26. The van der Waals surface area contributed by atoms with Crippen LogP contribution >= 0.6 is 23.2 Å². The highest BCUT2D eigenvalue weighted by atomic mass is 35.5. The largest absolute Gasteiger partial charge is 0.385 e. The number of hydrogen-bond donors (Lipinski definition) is 1. The summed E-state index contributed by atoms with van der Waals surface area (Å²) in [6.07, 6.45) is 2.18. The zero-order valence-corrected chi connectivity index (χ0v) is 14.5. The molecule has 1 aromatic carbocycles. The second kappa shape index (κ2) is 8.52. The Morgan fingerprint density at radius 3 is 2.91 bits per heavy atom. The summed E-state index contributed by atoms with van der Waals surface area (Å²) in [5.74, 6) is -0.392. The molecule has 1 N–H and O–H groups in total. The smallest absolute Gasteiger partial charge is 0.256 e. The van der Waals surface area contributed by atoms with E-state index in [-0.39, 0.29) is 11.8 Å². The zero-order chi connectivity index (χ0) is 16.8. The van der Waals surface area contributed by atoms with Crippen LogP contribution in [0.2, 0.25) is 10.0 Å². The predicted octanol–water partition coefficient (Wildman–Crippen LogP) is 2.75. The molecule has 5 nitrogen and oxygen atoms in total. The van der Waals surface area contributed by atoms with E-state index in [1.165, 1.54) is 6.07 Å². The maximum atomic E-state index is 12.7. The van der Waals surface area contributed by atoms with Crippen LogP contribution in [0.15, 0.2) is 18.2 Å². The van der Waals surface area contributed by atoms with E-state index in [2.05, 4.69) is 5.32 Å². The zero-order valence-electron chi connectivity index (χ0n) is 13.0. The molecular formula is C16H20Cl2N2O3. The number of nitrogens with zero attached hydrogens (tertiary/aromatic N) is 1. The van der Waals surface area contributed by atoms with Crippen molar-refractivity contribution in [1.29, 1.82) is 0 Å². The molecule has 0 aromatic heterocycles. The minimum absolute atomic E-state index is 0.134. The summed E-state index contributed by atoms with van der Waals surface area (Å²) in [5, 5.41) is 3.63. The number of methoxy groups -OCH3 is 1. The second-order valence-electron chi connectivity index (χ2n) is 5.42. The van der Waals surface area contributed by atoms with Crippen molar-refractivity contribution in [3.8, 4) is 0 Å². The topological polar surface area (TPSA) is 58.6 Å². The van der Waals surface area contributed by atoms with Crippen LogP contribution in [0.4, 0.5) is 0 Å². The van der Waals surface area contributed by atoms with Crippen molar-refractivity contribution in [2.24, 2.45) is 0 Å². The number of amides is 2. The lowest BCUT2D eigenvalue weighted by atomic mass is 10.1. The Bertz CT molecular complexity index is 580. The van der Waals surface area contributed by atoms with Gasteiger partial charge in [-0.2, -0.15) is 0 Å². The number of hydrogen-bond acceptors (Lipinski definition) is 3. The van der Waals surface area contributed by atoms with Crippen molar-refractivity contribution >= 4 is 35.0 Å². The molecule has 0 bridgehead atoms. The number of halogens is 2. The average Bonchev–Trinajstić information content (AvgIpc) is 3.02. The van der Waals surface area contributed by atoms with Crippen LogP contribution in [0.5, 0.6) is 0 Å². The summed E-state index contributed by atoms with van der Waals surface area (Å²) in [6, 6.07) is 4.30. The van der Waals surface area contributed by atoms with E-state index < -0.39 is 6.04 Å². The number of benzene rings is 1. The van der Waals surface area contributed by atoms with Crippen molar-refractivity contribution in [1.82, 2.24) is 10.2 Å². The molecule has 1 fully saturated rings. The average molecular weight is 359 g/mol. The van der Waals surface area contributed by atoms with Crippen molar-refractivity contribution in [2.75, 3.05) is 26.8 Å². The molecule has 0 spiro atoms. The summed E-state index contributed by atoms with van der Waals surface area (Å²) in [7, 11) is 1.62. The molecule has 126 valence electrons. The van der Waals surface area contributed by atoms with E-state index in [9.17, 15) is 9.59 Å². The number of likely N-dealkylation sites (tertiary alicyclic amines) is 1. The molecule has 0 radical (unpaired) electrons. The number of nitrogens with one attached hydrogen (secondary N) is 1. The third kappa shape index (κ3) is 4.59. The Morgan fingerprint density at radius 1 is 1.39 bits per heavy atom. The molecule has 1 aromatic rings. The molecule has 2 rings (SSSR count).